The van der Waals surface area contributed by atoms with Crippen LogP contribution in [0.3, 0.4) is 0 Å². The maximum absolute atomic E-state index is 12.1. The summed E-state index contributed by atoms with van der Waals surface area (Å²) in [5.74, 6) is -1.00. The molecule has 150 valence electrons. The van der Waals surface area contributed by atoms with Gasteiger partial charge in [-0.2, -0.15) is 0 Å². The molecule has 1 amide bonds. The number of nitrogens with one attached hydrogen (secondary N) is 1. The molecule has 0 radical (unpaired) electrons. The maximum atomic E-state index is 12.1. The van der Waals surface area contributed by atoms with Gasteiger partial charge in [0.1, 0.15) is 0 Å². The van der Waals surface area contributed by atoms with Crippen molar-refractivity contribution in [2.45, 2.75) is 4.34 Å². The van der Waals surface area contributed by atoms with E-state index in [0.29, 0.717) is 31.8 Å². The van der Waals surface area contributed by atoms with Crippen LogP contribution >= 0.6 is 23.1 Å². The monoisotopic (exact) mass is 437 g/mol. The number of carbonyl (C=O) groups is 2. The van der Waals surface area contributed by atoms with Crippen molar-refractivity contribution in [3.63, 3.8) is 0 Å². The first-order valence-electron chi connectivity index (χ1n) is 8.75. The number of carboxylic acids is 1. The molecule has 2 aromatic carbocycles. The van der Waals surface area contributed by atoms with E-state index >= 15 is 0 Å². The van der Waals surface area contributed by atoms with Gasteiger partial charge in [-0.05, 0) is 24.3 Å². The van der Waals surface area contributed by atoms with Gasteiger partial charge in [0.05, 0.1) is 22.5 Å². The fraction of sp³-hybridized carbons (Fsp3) is 0.0500. The Kier molecular flexibility index (Phi) is 5.59. The summed E-state index contributed by atoms with van der Waals surface area (Å²) in [6, 6.07) is 15.8. The van der Waals surface area contributed by atoms with Crippen molar-refractivity contribution in [2.24, 2.45) is 0 Å². The van der Waals surface area contributed by atoms with E-state index in [2.05, 4.69) is 20.5 Å². The van der Waals surface area contributed by atoms with E-state index in [-0.39, 0.29) is 17.2 Å². The normalized spacial score (nSPS) is 10.8. The first kappa shape index (κ1) is 19.8. The smallest absolute Gasteiger partial charge is 0.336 e. The Labute approximate surface area is 179 Å². The fourth-order valence-corrected chi connectivity index (χ4v) is 4.26. The Bertz CT molecular complexity index is 1240. The quantitative estimate of drug-likeness (QED) is 0.389. The van der Waals surface area contributed by atoms with Gasteiger partial charge in [0.25, 0.3) is 0 Å². The molecule has 0 aliphatic heterocycles. The Morgan fingerprint density at radius 2 is 1.87 bits per heavy atom. The summed E-state index contributed by atoms with van der Waals surface area (Å²) >= 11 is 2.49. The number of para-hydroxylation sites is 1. The SMILES string of the molecule is Nc1nnc(SCC(=O)Nc2ccc(-c3cc(C(=O)O)c4ccccc4n3)cc2)s1. The summed E-state index contributed by atoms with van der Waals surface area (Å²) < 4.78 is 0.634. The number of anilines is 2. The van der Waals surface area contributed by atoms with Crippen molar-refractivity contribution in [2.75, 3.05) is 16.8 Å². The lowest BCUT2D eigenvalue weighted by Crippen LogP contribution is -2.13. The highest BCUT2D eigenvalue weighted by Gasteiger charge is 2.13. The topological polar surface area (TPSA) is 131 Å². The number of hydrogen-bond donors (Lipinski definition) is 3. The Morgan fingerprint density at radius 3 is 2.57 bits per heavy atom. The van der Waals surface area contributed by atoms with Gasteiger partial charge in [0, 0.05) is 16.6 Å². The van der Waals surface area contributed by atoms with Crippen LogP contribution in [0.15, 0.2) is 58.9 Å². The summed E-state index contributed by atoms with van der Waals surface area (Å²) in [6.45, 7) is 0. The number of aromatic carboxylic acids is 1. The van der Waals surface area contributed by atoms with Gasteiger partial charge >= 0.3 is 5.97 Å². The number of benzene rings is 2. The standard InChI is InChI=1S/C20H15N5O3S2/c21-19-24-25-20(30-19)29-10-17(26)22-12-7-5-11(6-8-12)16-9-14(18(27)28)13-3-1-2-4-15(13)23-16/h1-9H,10H2,(H2,21,24)(H,22,26)(H,27,28). The zero-order valence-corrected chi connectivity index (χ0v) is 17.0. The average Bonchev–Trinajstić information content (AvgIpc) is 3.17. The first-order valence-corrected chi connectivity index (χ1v) is 10.5. The van der Waals surface area contributed by atoms with Gasteiger partial charge in [-0.15, -0.1) is 10.2 Å². The highest BCUT2D eigenvalue weighted by atomic mass is 32.2. The van der Waals surface area contributed by atoms with Crippen LogP contribution < -0.4 is 11.1 Å². The highest BCUT2D eigenvalue weighted by molar-refractivity contribution is 8.01. The summed E-state index contributed by atoms with van der Waals surface area (Å²) in [5, 5.41) is 20.9. The Hall–Kier alpha value is -3.50. The second kappa shape index (κ2) is 8.47. The van der Waals surface area contributed by atoms with Crippen molar-refractivity contribution < 1.29 is 14.7 Å². The van der Waals surface area contributed by atoms with Crippen LogP contribution in [-0.2, 0) is 4.79 Å². The van der Waals surface area contributed by atoms with Gasteiger partial charge in [-0.1, -0.05) is 53.4 Å². The lowest BCUT2D eigenvalue weighted by molar-refractivity contribution is -0.113. The van der Waals surface area contributed by atoms with Gasteiger partial charge < -0.3 is 16.2 Å². The van der Waals surface area contributed by atoms with Gasteiger partial charge in [0.15, 0.2) is 4.34 Å². The third kappa shape index (κ3) is 4.39. The largest absolute Gasteiger partial charge is 0.478 e. The third-order valence-corrected chi connectivity index (χ3v) is 6.05. The van der Waals surface area contributed by atoms with Crippen molar-refractivity contribution in [3.05, 3.63) is 60.2 Å². The van der Waals surface area contributed by atoms with Gasteiger partial charge in [-0.3, -0.25) is 4.79 Å². The molecular formula is C20H15N5O3S2. The minimum Gasteiger partial charge on any atom is -0.478 e. The number of rotatable bonds is 6. The molecule has 0 fully saturated rings. The molecule has 8 nitrogen and oxygen atoms in total. The van der Waals surface area contributed by atoms with Crippen LogP contribution in [0.25, 0.3) is 22.2 Å². The summed E-state index contributed by atoms with van der Waals surface area (Å²) in [7, 11) is 0. The zero-order chi connectivity index (χ0) is 21.1. The minimum atomic E-state index is -1.01. The number of fused-ring (bicyclic) bond motifs is 1. The van der Waals surface area contributed by atoms with Crippen molar-refractivity contribution in [1.82, 2.24) is 15.2 Å². The number of aromatic nitrogens is 3. The van der Waals surface area contributed by atoms with E-state index < -0.39 is 5.97 Å². The third-order valence-electron chi connectivity index (χ3n) is 4.16. The van der Waals surface area contributed by atoms with Crippen molar-refractivity contribution in [3.8, 4) is 11.3 Å². The Balaban J connectivity index is 1.49. The maximum Gasteiger partial charge on any atom is 0.336 e. The number of carbonyl (C=O) groups excluding carboxylic acids is 1. The number of thioether (sulfide) groups is 1. The second-order valence-corrected chi connectivity index (χ2v) is 8.43. The molecule has 0 aliphatic rings. The van der Waals surface area contributed by atoms with E-state index in [1.54, 1.807) is 48.5 Å². The van der Waals surface area contributed by atoms with Crippen molar-refractivity contribution in [1.29, 1.82) is 0 Å². The second-order valence-electron chi connectivity index (χ2n) is 6.20. The molecule has 10 heteroatoms. The molecule has 0 unspecified atom stereocenters. The Morgan fingerprint density at radius 1 is 1.10 bits per heavy atom. The van der Waals surface area contributed by atoms with Crippen LogP contribution in [-0.4, -0.2) is 37.9 Å². The molecule has 0 atom stereocenters. The van der Waals surface area contributed by atoms with Crippen LogP contribution in [0.1, 0.15) is 10.4 Å². The van der Waals surface area contributed by atoms with E-state index in [1.165, 1.54) is 23.1 Å². The molecule has 0 bridgehead atoms. The number of amides is 1. The summed E-state index contributed by atoms with van der Waals surface area (Å²) in [5.41, 5.74) is 8.25. The predicted octanol–water partition coefficient (Wildman–Crippen LogP) is 3.76. The van der Waals surface area contributed by atoms with E-state index in [0.717, 1.165) is 5.56 Å². The van der Waals surface area contributed by atoms with Gasteiger partial charge in [-0.25, -0.2) is 9.78 Å². The molecule has 30 heavy (non-hydrogen) atoms. The molecule has 0 spiro atoms. The number of nitrogens with zero attached hydrogens (tertiary/aromatic N) is 3. The lowest BCUT2D eigenvalue weighted by atomic mass is 10.0. The molecule has 0 saturated heterocycles. The number of nitrogens with two attached hydrogens (primary N) is 1. The van der Waals surface area contributed by atoms with Crippen molar-refractivity contribution >= 4 is 56.7 Å². The molecule has 4 aromatic rings. The summed E-state index contributed by atoms with van der Waals surface area (Å²) in [6.07, 6.45) is 0. The van der Waals surface area contributed by atoms with E-state index in [4.69, 9.17) is 5.73 Å². The van der Waals surface area contributed by atoms with E-state index in [1.807, 2.05) is 6.07 Å². The minimum absolute atomic E-state index is 0.182. The van der Waals surface area contributed by atoms with Crippen LogP contribution in [0.4, 0.5) is 10.8 Å². The van der Waals surface area contributed by atoms with Crippen LogP contribution in [0.2, 0.25) is 0 Å². The average molecular weight is 438 g/mol. The molecule has 2 aromatic heterocycles. The fourth-order valence-electron chi connectivity index (χ4n) is 2.83. The highest BCUT2D eigenvalue weighted by Crippen LogP contribution is 2.27. The molecule has 4 N–H and O–H groups in total. The molecule has 2 heterocycles. The van der Waals surface area contributed by atoms with Crippen LogP contribution in [0.5, 0.6) is 0 Å². The molecular weight excluding hydrogens is 422 g/mol. The number of hydrogen-bond acceptors (Lipinski definition) is 8. The number of carboxylic acid groups (broad SMARTS) is 1. The predicted molar refractivity (Wildman–Crippen MR) is 118 cm³/mol. The molecule has 4 rings (SSSR count). The summed E-state index contributed by atoms with van der Waals surface area (Å²) in [4.78, 5) is 28.3. The lowest BCUT2D eigenvalue weighted by Gasteiger charge is -2.09. The molecule has 0 aliphatic carbocycles. The first-order chi connectivity index (χ1) is 14.5. The van der Waals surface area contributed by atoms with Crippen LogP contribution in [0, 0.1) is 0 Å². The van der Waals surface area contributed by atoms with Gasteiger partial charge in [0.2, 0.25) is 11.0 Å². The number of nitrogen functional groups attached to an aromatic ring is 1. The number of pyridine rings is 1. The zero-order valence-electron chi connectivity index (χ0n) is 15.4. The molecule has 0 saturated carbocycles. The van der Waals surface area contributed by atoms with E-state index in [9.17, 15) is 14.7 Å².